The van der Waals surface area contributed by atoms with Crippen molar-refractivity contribution < 1.29 is 58.6 Å². The Balaban J connectivity index is 1.42. The number of imide groups is 1. The quantitative estimate of drug-likeness (QED) is 0.192. The van der Waals surface area contributed by atoms with E-state index in [1.165, 1.54) is 24.3 Å². The number of carbonyl (C=O) groups is 2. The topological polar surface area (TPSA) is 204 Å². The number of rotatable bonds is 7. The maximum absolute atomic E-state index is 13.7. The molecule has 11 atom stereocenters. The zero-order valence-corrected chi connectivity index (χ0v) is 21.7. The molecule has 13 nitrogen and oxygen atoms in total. The van der Waals surface area contributed by atoms with Gasteiger partial charge in [0.25, 0.3) is 11.8 Å². The van der Waals surface area contributed by atoms with E-state index in [4.69, 9.17) is 14.2 Å². The van der Waals surface area contributed by atoms with Crippen LogP contribution in [-0.4, -0.2) is 125 Å². The summed E-state index contributed by atoms with van der Waals surface area (Å²) in [5.74, 6) is -1.49. The molecule has 2 amide bonds. The van der Waals surface area contributed by atoms with Crippen LogP contribution in [0.3, 0.4) is 0 Å². The van der Waals surface area contributed by atoms with E-state index in [1.54, 1.807) is 30.3 Å². The van der Waals surface area contributed by atoms with Gasteiger partial charge in [0.2, 0.25) is 0 Å². The Morgan fingerprint density at radius 1 is 0.750 bits per heavy atom. The minimum Gasteiger partial charge on any atom is -0.394 e. The van der Waals surface area contributed by atoms with Gasteiger partial charge in [0.1, 0.15) is 48.8 Å². The summed E-state index contributed by atoms with van der Waals surface area (Å²) in [6, 6.07) is 12.5. The Morgan fingerprint density at radius 2 is 1.32 bits per heavy atom. The lowest BCUT2D eigenvalue weighted by Gasteiger charge is -2.45. The maximum Gasteiger partial charge on any atom is 0.262 e. The number of nitrogens with zero attached hydrogens (tertiary/aromatic N) is 1. The van der Waals surface area contributed by atoms with E-state index in [2.05, 4.69) is 0 Å². The van der Waals surface area contributed by atoms with Crippen molar-refractivity contribution >= 4 is 22.6 Å². The predicted octanol–water partition coefficient (Wildman–Crippen LogP) is -2.28. The van der Waals surface area contributed by atoms with Gasteiger partial charge in [-0.05, 0) is 24.3 Å². The smallest absolute Gasteiger partial charge is 0.262 e. The first-order chi connectivity index (χ1) is 19.1. The fourth-order valence-corrected chi connectivity index (χ4v) is 6.54. The fraction of sp³-hybridized carbons (Fsp3) is 0.462. The third kappa shape index (κ3) is 5.00. The van der Waals surface area contributed by atoms with Gasteiger partial charge in [-0.1, -0.05) is 30.3 Å². The lowest BCUT2D eigenvalue weighted by Crippen LogP contribution is -2.66. The highest BCUT2D eigenvalue weighted by molar-refractivity contribution is 7.85. The second-order valence-corrected chi connectivity index (χ2v) is 11.2. The van der Waals surface area contributed by atoms with Crippen LogP contribution < -0.4 is 0 Å². The van der Waals surface area contributed by atoms with Crippen molar-refractivity contribution in [1.82, 2.24) is 4.90 Å². The largest absolute Gasteiger partial charge is 0.394 e. The van der Waals surface area contributed by atoms with Gasteiger partial charge in [0, 0.05) is 4.90 Å². The molecule has 0 aromatic heterocycles. The molecule has 0 saturated carbocycles. The van der Waals surface area contributed by atoms with E-state index in [1.807, 2.05) is 0 Å². The second kappa shape index (κ2) is 11.7. The molecule has 14 heteroatoms. The summed E-state index contributed by atoms with van der Waals surface area (Å²) in [5, 5.41) is 61.9. The summed E-state index contributed by atoms with van der Waals surface area (Å²) in [5.41, 5.74) is -1.33. The van der Waals surface area contributed by atoms with Gasteiger partial charge in [0.05, 0.1) is 35.1 Å². The molecule has 2 aromatic rings. The van der Waals surface area contributed by atoms with Gasteiger partial charge in [0.15, 0.2) is 11.7 Å². The number of hydrogen-bond acceptors (Lipinski definition) is 12. The molecule has 6 N–H and O–H groups in total. The van der Waals surface area contributed by atoms with Crippen molar-refractivity contribution in [3.05, 3.63) is 65.7 Å². The number of hydrogen-bond donors (Lipinski definition) is 6. The van der Waals surface area contributed by atoms with Gasteiger partial charge < -0.3 is 44.8 Å². The van der Waals surface area contributed by atoms with E-state index in [9.17, 15) is 44.4 Å². The number of amides is 2. The van der Waals surface area contributed by atoms with Crippen molar-refractivity contribution in [2.75, 3.05) is 13.2 Å². The van der Waals surface area contributed by atoms with Crippen LogP contribution in [0.15, 0.2) is 59.5 Å². The Bertz CT molecular complexity index is 1230. The molecule has 3 heterocycles. The molecule has 216 valence electrons. The molecule has 11 unspecified atom stereocenters. The Labute approximate surface area is 230 Å². The standard InChI is InChI=1S/C26H29NO12S/c28-10-15-18(29)21(32)22(33)25(38-15)37-11-16-19(30)20(31)17(26(39-16)40(36)12-6-2-1-3-7-12)27-23(34)13-8-4-5-9-14(13)24(27)35/h1-9,15-22,25-26,28-33H,10-11H2. The number of ether oxygens (including phenoxy) is 3. The van der Waals surface area contributed by atoms with E-state index in [0.717, 1.165) is 4.90 Å². The van der Waals surface area contributed by atoms with Crippen molar-refractivity contribution in [3.63, 3.8) is 0 Å². The lowest BCUT2D eigenvalue weighted by molar-refractivity contribution is -0.310. The summed E-state index contributed by atoms with van der Waals surface area (Å²) < 4.78 is 30.5. The monoisotopic (exact) mass is 579 g/mol. The second-order valence-electron chi connectivity index (χ2n) is 9.68. The molecule has 2 aromatic carbocycles. The molecule has 0 radical (unpaired) electrons. The highest BCUT2D eigenvalue weighted by Crippen LogP contribution is 2.35. The SMILES string of the molecule is O=C1c2ccccc2C(=O)N1C1C(O)C(O)C(COC2OC(CO)C(O)C(O)C2O)OC1S(=O)c1ccccc1. The third-order valence-corrected chi connectivity index (χ3v) is 8.80. The van der Waals surface area contributed by atoms with E-state index >= 15 is 0 Å². The highest BCUT2D eigenvalue weighted by atomic mass is 32.2. The number of carbonyl (C=O) groups excluding carboxylic acids is 2. The molecule has 2 saturated heterocycles. The molecule has 5 rings (SSSR count). The molecular weight excluding hydrogens is 550 g/mol. The molecule has 0 aliphatic carbocycles. The fourth-order valence-electron chi connectivity index (χ4n) is 5.07. The van der Waals surface area contributed by atoms with E-state index in [-0.39, 0.29) is 16.0 Å². The third-order valence-electron chi connectivity index (χ3n) is 7.25. The van der Waals surface area contributed by atoms with Crippen LogP contribution in [0.4, 0.5) is 0 Å². The van der Waals surface area contributed by atoms with Gasteiger partial charge in [-0.25, -0.2) is 0 Å². The molecule has 40 heavy (non-hydrogen) atoms. The average Bonchev–Trinajstić information content (AvgIpc) is 3.22. The molecule has 0 bridgehead atoms. The van der Waals surface area contributed by atoms with Crippen molar-refractivity contribution in [3.8, 4) is 0 Å². The van der Waals surface area contributed by atoms with Crippen LogP contribution in [-0.2, 0) is 25.0 Å². The summed E-state index contributed by atoms with van der Waals surface area (Å²) in [4.78, 5) is 27.5. The van der Waals surface area contributed by atoms with Crippen molar-refractivity contribution in [1.29, 1.82) is 0 Å². The molecule has 3 aliphatic heterocycles. The average molecular weight is 580 g/mol. The van der Waals surface area contributed by atoms with Crippen molar-refractivity contribution in [2.45, 2.75) is 65.4 Å². The van der Waals surface area contributed by atoms with Crippen molar-refractivity contribution in [2.24, 2.45) is 0 Å². The summed E-state index contributed by atoms with van der Waals surface area (Å²) in [6.45, 7) is -1.26. The number of fused-ring (bicyclic) bond motifs is 1. The molecular formula is C26H29NO12S. The lowest BCUT2D eigenvalue weighted by atomic mass is 9.96. The Hall–Kier alpha value is -2.63. The number of benzene rings is 2. The van der Waals surface area contributed by atoms with E-state index in [0.29, 0.717) is 0 Å². The molecule has 3 aliphatic rings. The van der Waals surface area contributed by atoms with Gasteiger partial charge in [-0.3, -0.25) is 18.7 Å². The minimum absolute atomic E-state index is 0.0894. The zero-order chi connectivity index (χ0) is 28.7. The minimum atomic E-state index is -2.06. The first-order valence-electron chi connectivity index (χ1n) is 12.5. The summed E-state index contributed by atoms with van der Waals surface area (Å²) in [6.07, 6.45) is -12.8. The number of aliphatic hydroxyl groups is 6. The first-order valence-corrected chi connectivity index (χ1v) is 13.7. The van der Waals surface area contributed by atoms with Gasteiger partial charge >= 0.3 is 0 Å². The van der Waals surface area contributed by atoms with Crippen LogP contribution in [0.2, 0.25) is 0 Å². The predicted molar refractivity (Wildman–Crippen MR) is 134 cm³/mol. The highest BCUT2D eigenvalue weighted by Gasteiger charge is 2.55. The summed E-state index contributed by atoms with van der Waals surface area (Å²) >= 11 is 0. The Morgan fingerprint density at radius 3 is 1.93 bits per heavy atom. The van der Waals surface area contributed by atoms with Gasteiger partial charge in [-0.2, -0.15) is 0 Å². The maximum atomic E-state index is 13.7. The van der Waals surface area contributed by atoms with Crippen LogP contribution >= 0.6 is 0 Å². The normalized spacial score (nSPS) is 36.9. The van der Waals surface area contributed by atoms with Crippen LogP contribution in [0.25, 0.3) is 0 Å². The van der Waals surface area contributed by atoms with Crippen LogP contribution in [0, 0.1) is 0 Å². The Kier molecular flexibility index (Phi) is 8.45. The van der Waals surface area contributed by atoms with Gasteiger partial charge in [-0.15, -0.1) is 0 Å². The molecule has 0 spiro atoms. The van der Waals surface area contributed by atoms with Crippen LogP contribution in [0.1, 0.15) is 20.7 Å². The molecule has 2 fully saturated rings. The van der Waals surface area contributed by atoms with E-state index < -0.39 is 96.3 Å². The number of aliphatic hydroxyl groups excluding tert-OH is 6. The zero-order valence-electron chi connectivity index (χ0n) is 20.9. The summed E-state index contributed by atoms with van der Waals surface area (Å²) in [7, 11) is -2.06. The first kappa shape index (κ1) is 28.9. The van der Waals surface area contributed by atoms with Crippen LogP contribution in [0.5, 0.6) is 0 Å².